The van der Waals surface area contributed by atoms with Crippen LogP contribution in [0.3, 0.4) is 0 Å². The fraction of sp³-hybridized carbons (Fsp3) is 0.500. The number of aliphatic carboxylic acids is 1. The second-order valence-corrected chi connectivity index (χ2v) is 6.32. The first-order chi connectivity index (χ1) is 9.75. The molecule has 1 aliphatic carbocycles. The van der Waals surface area contributed by atoms with E-state index in [1.165, 1.54) is 0 Å². The summed E-state index contributed by atoms with van der Waals surface area (Å²) in [5, 5.41) is 12.0. The number of carboxylic acids is 1. The second kappa shape index (κ2) is 5.48. The number of hydrogen-bond donors (Lipinski definition) is 3. The molecule has 0 radical (unpaired) electrons. The Morgan fingerprint density at radius 3 is 2.19 bits per heavy atom. The summed E-state index contributed by atoms with van der Waals surface area (Å²) in [7, 11) is 0. The van der Waals surface area contributed by atoms with Crippen molar-refractivity contribution in [3.63, 3.8) is 0 Å². The van der Waals surface area contributed by atoms with Crippen LogP contribution < -0.4 is 11.1 Å². The van der Waals surface area contributed by atoms with E-state index in [0.29, 0.717) is 24.1 Å². The van der Waals surface area contributed by atoms with Gasteiger partial charge in [-0.15, -0.1) is 0 Å². The van der Waals surface area contributed by atoms with Crippen molar-refractivity contribution in [2.45, 2.75) is 50.5 Å². The van der Waals surface area contributed by atoms with Crippen LogP contribution >= 0.6 is 0 Å². The van der Waals surface area contributed by atoms with Gasteiger partial charge in [0, 0.05) is 5.69 Å². The van der Waals surface area contributed by atoms with Crippen molar-refractivity contribution < 1.29 is 14.7 Å². The van der Waals surface area contributed by atoms with E-state index in [4.69, 9.17) is 5.73 Å². The summed E-state index contributed by atoms with van der Waals surface area (Å²) in [6, 6.07) is 6.88. The third-order valence-electron chi connectivity index (χ3n) is 4.35. The highest BCUT2D eigenvalue weighted by Gasteiger charge is 2.37. The Morgan fingerprint density at radius 2 is 1.71 bits per heavy atom. The molecule has 5 nitrogen and oxygen atoms in total. The van der Waals surface area contributed by atoms with Gasteiger partial charge in [0.25, 0.3) is 0 Å². The normalized spacial score (nSPS) is 17.5. The zero-order chi connectivity index (χ0) is 15.7. The van der Waals surface area contributed by atoms with Gasteiger partial charge in [0.2, 0.25) is 5.91 Å². The minimum absolute atomic E-state index is 0.162. The molecule has 0 aliphatic heterocycles. The Bertz CT molecular complexity index is 543. The van der Waals surface area contributed by atoms with Gasteiger partial charge >= 0.3 is 5.97 Å². The summed E-state index contributed by atoms with van der Waals surface area (Å²) in [4.78, 5) is 23.4. The quantitative estimate of drug-likeness (QED) is 0.793. The number of amides is 1. The Morgan fingerprint density at radius 1 is 1.19 bits per heavy atom. The minimum atomic E-state index is -0.955. The molecule has 1 saturated carbocycles. The summed E-state index contributed by atoms with van der Waals surface area (Å²) in [5.74, 6) is -1.05. The first-order valence-electron chi connectivity index (χ1n) is 7.20. The lowest BCUT2D eigenvalue weighted by molar-refractivity contribution is -0.142. The van der Waals surface area contributed by atoms with Crippen LogP contribution in [0.4, 0.5) is 5.69 Å². The highest BCUT2D eigenvalue weighted by atomic mass is 16.4. The minimum Gasteiger partial charge on any atom is -0.481 e. The highest BCUT2D eigenvalue weighted by molar-refractivity contribution is 5.98. The largest absolute Gasteiger partial charge is 0.481 e. The van der Waals surface area contributed by atoms with E-state index in [0.717, 1.165) is 12.8 Å². The molecule has 1 aromatic rings. The van der Waals surface area contributed by atoms with E-state index in [1.807, 2.05) is 0 Å². The monoisotopic (exact) mass is 290 g/mol. The number of nitrogens with one attached hydrogen (secondary N) is 1. The van der Waals surface area contributed by atoms with E-state index in [1.54, 1.807) is 38.1 Å². The summed E-state index contributed by atoms with van der Waals surface area (Å²) >= 11 is 0. The molecule has 1 aliphatic rings. The molecule has 0 atom stereocenters. The number of nitrogens with two attached hydrogens (primary N) is 1. The molecular weight excluding hydrogens is 268 g/mol. The lowest BCUT2D eigenvalue weighted by Crippen LogP contribution is -2.48. The number of carbonyl (C=O) groups excluding carboxylic acids is 1. The van der Waals surface area contributed by atoms with Gasteiger partial charge < -0.3 is 16.2 Å². The number of rotatable bonds is 4. The van der Waals surface area contributed by atoms with Crippen LogP contribution in [-0.4, -0.2) is 22.5 Å². The Hall–Kier alpha value is -1.88. The molecule has 0 heterocycles. The predicted molar refractivity (Wildman–Crippen MR) is 81.1 cm³/mol. The van der Waals surface area contributed by atoms with E-state index in [2.05, 4.69) is 5.32 Å². The maximum Gasteiger partial charge on any atom is 0.313 e. The van der Waals surface area contributed by atoms with Crippen molar-refractivity contribution in [2.75, 3.05) is 5.32 Å². The summed E-state index contributed by atoms with van der Waals surface area (Å²) in [6.45, 7) is 3.30. The van der Waals surface area contributed by atoms with Crippen LogP contribution in [0.2, 0.25) is 0 Å². The van der Waals surface area contributed by atoms with Crippen molar-refractivity contribution >= 4 is 17.6 Å². The third kappa shape index (κ3) is 3.08. The van der Waals surface area contributed by atoms with Gasteiger partial charge in [-0.2, -0.15) is 0 Å². The van der Waals surface area contributed by atoms with Crippen LogP contribution in [0.25, 0.3) is 0 Å². The highest BCUT2D eigenvalue weighted by Crippen LogP contribution is 2.29. The van der Waals surface area contributed by atoms with E-state index < -0.39 is 16.9 Å². The second-order valence-electron chi connectivity index (χ2n) is 6.32. The van der Waals surface area contributed by atoms with Gasteiger partial charge in [-0.1, -0.05) is 25.0 Å². The molecule has 4 N–H and O–H groups in total. The summed E-state index contributed by atoms with van der Waals surface area (Å²) < 4.78 is 0. The lowest BCUT2D eigenvalue weighted by atomic mass is 9.85. The Kier molecular flexibility index (Phi) is 4.05. The molecule has 5 heteroatoms. The summed E-state index contributed by atoms with van der Waals surface area (Å²) in [5.41, 5.74) is 5.71. The summed E-state index contributed by atoms with van der Waals surface area (Å²) in [6.07, 6.45) is 3.39. The average Bonchev–Trinajstić information content (AvgIpc) is 2.87. The maximum atomic E-state index is 12.2. The first-order valence-corrected chi connectivity index (χ1v) is 7.20. The van der Waals surface area contributed by atoms with Crippen molar-refractivity contribution in [1.82, 2.24) is 0 Å². The van der Waals surface area contributed by atoms with Gasteiger partial charge in [0.15, 0.2) is 0 Å². The first kappa shape index (κ1) is 15.5. The van der Waals surface area contributed by atoms with E-state index >= 15 is 0 Å². The average molecular weight is 290 g/mol. The zero-order valence-corrected chi connectivity index (χ0v) is 12.5. The Labute approximate surface area is 124 Å². The lowest BCUT2D eigenvalue weighted by Gasteiger charge is -2.23. The molecule has 0 bridgehead atoms. The van der Waals surface area contributed by atoms with Gasteiger partial charge in [0.1, 0.15) is 0 Å². The van der Waals surface area contributed by atoms with Gasteiger partial charge in [-0.3, -0.25) is 9.59 Å². The number of benzene rings is 1. The van der Waals surface area contributed by atoms with Crippen molar-refractivity contribution in [1.29, 1.82) is 0 Å². The van der Waals surface area contributed by atoms with Crippen LogP contribution in [0.1, 0.15) is 45.1 Å². The van der Waals surface area contributed by atoms with Crippen molar-refractivity contribution in [2.24, 2.45) is 5.73 Å². The van der Waals surface area contributed by atoms with Gasteiger partial charge in [-0.05, 0) is 44.4 Å². The van der Waals surface area contributed by atoms with Crippen LogP contribution in [0, 0.1) is 0 Å². The smallest absolute Gasteiger partial charge is 0.313 e. The molecule has 1 fully saturated rings. The van der Waals surface area contributed by atoms with E-state index in [9.17, 15) is 14.7 Å². The number of carbonyl (C=O) groups is 2. The maximum absolute atomic E-state index is 12.2. The molecule has 21 heavy (non-hydrogen) atoms. The molecule has 1 amide bonds. The fourth-order valence-electron chi connectivity index (χ4n) is 2.58. The molecule has 1 aromatic carbocycles. The SMILES string of the molecule is CC(C)(C(=O)O)c1ccc(NC(=O)C2(N)CCCC2)cc1. The van der Waals surface area contributed by atoms with Crippen LogP contribution in [0.5, 0.6) is 0 Å². The van der Waals surface area contributed by atoms with Crippen LogP contribution in [0.15, 0.2) is 24.3 Å². The third-order valence-corrected chi connectivity index (χ3v) is 4.35. The topological polar surface area (TPSA) is 92.4 Å². The fourth-order valence-corrected chi connectivity index (χ4v) is 2.58. The standard InChI is InChI=1S/C16H22N2O3/c1-15(2,14(20)21)11-5-7-12(8-6-11)18-13(19)16(17)9-3-4-10-16/h5-8H,3-4,9-10,17H2,1-2H3,(H,18,19)(H,20,21). The van der Waals surface area contributed by atoms with Crippen molar-refractivity contribution in [3.05, 3.63) is 29.8 Å². The zero-order valence-electron chi connectivity index (χ0n) is 12.5. The van der Waals surface area contributed by atoms with Gasteiger partial charge in [-0.25, -0.2) is 0 Å². The molecule has 0 unspecified atom stereocenters. The van der Waals surface area contributed by atoms with Gasteiger partial charge in [0.05, 0.1) is 11.0 Å². The molecular formula is C16H22N2O3. The number of carboxylic acid groups (broad SMARTS) is 1. The van der Waals surface area contributed by atoms with Crippen LogP contribution in [-0.2, 0) is 15.0 Å². The number of hydrogen-bond acceptors (Lipinski definition) is 3. The molecule has 0 aromatic heterocycles. The molecule has 0 saturated heterocycles. The van der Waals surface area contributed by atoms with E-state index in [-0.39, 0.29) is 5.91 Å². The molecule has 114 valence electrons. The predicted octanol–water partition coefficient (Wildman–Crippen LogP) is 2.26. The molecule has 0 spiro atoms. The van der Waals surface area contributed by atoms with Crippen molar-refractivity contribution in [3.8, 4) is 0 Å². The molecule has 2 rings (SSSR count). The number of anilines is 1. The Balaban J connectivity index is 2.10.